The quantitative estimate of drug-likeness (QED) is 0.582. The van der Waals surface area contributed by atoms with Gasteiger partial charge in [0.2, 0.25) is 0 Å². The summed E-state index contributed by atoms with van der Waals surface area (Å²) in [5, 5.41) is 27.2. The summed E-state index contributed by atoms with van der Waals surface area (Å²) in [6, 6.07) is 8.83. The number of non-ortho nitro benzene ring substituents is 2. The Bertz CT molecular complexity index is 954. The minimum absolute atomic E-state index is 0.225. The first-order valence-electron chi connectivity index (χ1n) is 8.75. The van der Waals surface area contributed by atoms with Crippen molar-refractivity contribution >= 4 is 34.7 Å². The van der Waals surface area contributed by atoms with E-state index in [0.29, 0.717) is 24.5 Å². The summed E-state index contributed by atoms with van der Waals surface area (Å²) in [6.45, 7) is 1.38. The van der Waals surface area contributed by atoms with Crippen LogP contribution in [0.4, 0.5) is 27.5 Å². The molecule has 11 nitrogen and oxygen atoms in total. The lowest BCUT2D eigenvalue weighted by molar-refractivity contribution is -0.394. The molecule has 150 valence electrons. The molecule has 29 heavy (non-hydrogen) atoms. The lowest BCUT2D eigenvalue weighted by atomic mass is 10.1. The number of benzene rings is 2. The molecule has 1 fully saturated rings. The van der Waals surface area contributed by atoms with Crippen LogP contribution in [0.3, 0.4) is 0 Å². The van der Waals surface area contributed by atoms with Crippen molar-refractivity contribution in [3.05, 3.63) is 68.3 Å². The molecule has 0 saturated carbocycles. The van der Waals surface area contributed by atoms with Crippen molar-refractivity contribution in [2.24, 2.45) is 0 Å². The van der Waals surface area contributed by atoms with Crippen LogP contribution in [0, 0.1) is 20.2 Å². The fourth-order valence-electron chi connectivity index (χ4n) is 2.94. The summed E-state index contributed by atoms with van der Waals surface area (Å²) in [5.74, 6) is -0.750. The first-order valence-corrected chi connectivity index (χ1v) is 8.75. The normalized spacial score (nSPS) is 13.0. The molecule has 1 saturated heterocycles. The topological polar surface area (TPSA) is 148 Å². The van der Waals surface area contributed by atoms with Crippen molar-refractivity contribution in [3.8, 4) is 0 Å². The van der Waals surface area contributed by atoms with Crippen LogP contribution < -0.4 is 10.6 Å². The second-order valence-corrected chi connectivity index (χ2v) is 6.41. The van der Waals surface area contributed by atoms with Gasteiger partial charge in [-0.25, -0.2) is 4.79 Å². The highest BCUT2D eigenvalue weighted by Gasteiger charge is 2.20. The van der Waals surface area contributed by atoms with Gasteiger partial charge in [0.25, 0.3) is 17.3 Å². The zero-order valence-corrected chi connectivity index (χ0v) is 15.2. The SMILES string of the molecule is O=C(Nc1cccc(NC(=O)N2CCCC2)c1)c1cc([N+](=O)[O-])cc([N+](=O)[O-])c1. The van der Waals surface area contributed by atoms with Gasteiger partial charge >= 0.3 is 6.03 Å². The molecule has 3 amide bonds. The Hall–Kier alpha value is -4.02. The molecule has 2 N–H and O–H groups in total. The van der Waals surface area contributed by atoms with Gasteiger partial charge in [-0.1, -0.05) is 6.07 Å². The summed E-state index contributed by atoms with van der Waals surface area (Å²) in [5.41, 5.74) is -0.558. The summed E-state index contributed by atoms with van der Waals surface area (Å²) in [6.07, 6.45) is 1.91. The molecule has 0 radical (unpaired) electrons. The van der Waals surface area contributed by atoms with Gasteiger partial charge in [-0.05, 0) is 31.0 Å². The third kappa shape index (κ3) is 4.83. The van der Waals surface area contributed by atoms with E-state index in [9.17, 15) is 29.8 Å². The average molecular weight is 399 g/mol. The van der Waals surface area contributed by atoms with Crippen LogP contribution in [0.25, 0.3) is 0 Å². The fraction of sp³-hybridized carbons (Fsp3) is 0.222. The van der Waals surface area contributed by atoms with E-state index >= 15 is 0 Å². The average Bonchev–Trinajstić information content (AvgIpc) is 3.22. The van der Waals surface area contributed by atoms with Crippen molar-refractivity contribution in [3.63, 3.8) is 0 Å². The molecule has 1 aliphatic rings. The number of nitro groups is 2. The van der Waals surface area contributed by atoms with E-state index in [1.807, 2.05) is 0 Å². The zero-order valence-electron chi connectivity index (χ0n) is 15.2. The van der Waals surface area contributed by atoms with Gasteiger partial charge in [0, 0.05) is 36.6 Å². The van der Waals surface area contributed by atoms with E-state index in [4.69, 9.17) is 0 Å². The summed E-state index contributed by atoms with van der Waals surface area (Å²) in [7, 11) is 0. The van der Waals surface area contributed by atoms with Crippen molar-refractivity contribution < 1.29 is 19.4 Å². The number of rotatable bonds is 5. The first-order chi connectivity index (χ1) is 13.8. The highest BCUT2D eigenvalue weighted by Crippen LogP contribution is 2.24. The molecule has 0 atom stereocenters. The Morgan fingerprint density at radius 2 is 1.41 bits per heavy atom. The smallest absolute Gasteiger partial charge is 0.321 e. The van der Waals surface area contributed by atoms with Crippen molar-refractivity contribution in [2.45, 2.75) is 12.8 Å². The van der Waals surface area contributed by atoms with E-state index in [0.717, 1.165) is 31.0 Å². The van der Waals surface area contributed by atoms with E-state index < -0.39 is 27.1 Å². The summed E-state index contributed by atoms with van der Waals surface area (Å²) >= 11 is 0. The van der Waals surface area contributed by atoms with Gasteiger partial charge in [-0.15, -0.1) is 0 Å². The number of hydrogen-bond donors (Lipinski definition) is 2. The van der Waals surface area contributed by atoms with Gasteiger partial charge in [-0.3, -0.25) is 25.0 Å². The molecule has 0 aromatic heterocycles. The van der Waals surface area contributed by atoms with Gasteiger partial charge in [-0.2, -0.15) is 0 Å². The summed E-state index contributed by atoms with van der Waals surface area (Å²) in [4.78, 5) is 46.6. The number of nitrogens with one attached hydrogen (secondary N) is 2. The van der Waals surface area contributed by atoms with Crippen LogP contribution >= 0.6 is 0 Å². The maximum absolute atomic E-state index is 12.5. The molecular weight excluding hydrogens is 382 g/mol. The molecule has 11 heteroatoms. The highest BCUT2D eigenvalue weighted by atomic mass is 16.6. The monoisotopic (exact) mass is 399 g/mol. The molecule has 0 bridgehead atoms. The Morgan fingerprint density at radius 1 is 0.862 bits per heavy atom. The van der Waals surface area contributed by atoms with Crippen LogP contribution in [0.2, 0.25) is 0 Å². The number of likely N-dealkylation sites (tertiary alicyclic amines) is 1. The Labute approximate surface area is 164 Å². The number of nitro benzene ring substituents is 2. The molecule has 3 rings (SSSR count). The number of hydrogen-bond acceptors (Lipinski definition) is 6. The molecule has 2 aromatic carbocycles. The predicted molar refractivity (Wildman–Crippen MR) is 104 cm³/mol. The molecule has 2 aromatic rings. The maximum Gasteiger partial charge on any atom is 0.321 e. The number of carbonyl (C=O) groups is 2. The van der Waals surface area contributed by atoms with E-state index in [1.54, 1.807) is 23.1 Å². The molecule has 0 spiro atoms. The third-order valence-electron chi connectivity index (χ3n) is 4.35. The van der Waals surface area contributed by atoms with Crippen molar-refractivity contribution in [2.75, 3.05) is 23.7 Å². The minimum Gasteiger partial charge on any atom is -0.325 e. The van der Waals surface area contributed by atoms with Crippen LogP contribution in [0.5, 0.6) is 0 Å². The van der Waals surface area contributed by atoms with E-state index in [1.165, 1.54) is 6.07 Å². The maximum atomic E-state index is 12.5. The first kappa shape index (κ1) is 19.7. The van der Waals surface area contributed by atoms with Gasteiger partial charge < -0.3 is 15.5 Å². The van der Waals surface area contributed by atoms with Crippen LogP contribution in [-0.2, 0) is 0 Å². The lowest BCUT2D eigenvalue weighted by Gasteiger charge is -2.16. The zero-order chi connectivity index (χ0) is 21.0. The molecule has 0 unspecified atom stereocenters. The molecule has 1 heterocycles. The Balaban J connectivity index is 1.76. The summed E-state index contributed by atoms with van der Waals surface area (Å²) < 4.78 is 0. The molecule has 1 aliphatic heterocycles. The van der Waals surface area contributed by atoms with Crippen molar-refractivity contribution in [1.82, 2.24) is 4.90 Å². The highest BCUT2D eigenvalue weighted by molar-refractivity contribution is 6.05. The number of urea groups is 1. The number of anilines is 2. The van der Waals surface area contributed by atoms with E-state index in [2.05, 4.69) is 10.6 Å². The fourth-order valence-corrected chi connectivity index (χ4v) is 2.94. The van der Waals surface area contributed by atoms with Crippen LogP contribution in [0.15, 0.2) is 42.5 Å². The van der Waals surface area contributed by atoms with Gasteiger partial charge in [0.15, 0.2) is 0 Å². The molecular formula is C18H17N5O6. The molecule has 0 aliphatic carbocycles. The standard InChI is InChI=1S/C18H17N5O6/c24-17(12-8-15(22(26)27)11-16(9-12)23(28)29)19-13-4-3-5-14(10-13)20-18(25)21-6-1-2-7-21/h3-5,8-11H,1-2,6-7H2,(H,19,24)(H,20,25). The number of nitrogens with zero attached hydrogens (tertiary/aromatic N) is 3. The predicted octanol–water partition coefficient (Wildman–Crippen LogP) is 3.38. The van der Waals surface area contributed by atoms with Crippen molar-refractivity contribution in [1.29, 1.82) is 0 Å². The second-order valence-electron chi connectivity index (χ2n) is 6.41. The Kier molecular flexibility index (Phi) is 5.67. The van der Waals surface area contributed by atoms with Gasteiger partial charge in [0.1, 0.15) is 0 Å². The number of amides is 3. The lowest BCUT2D eigenvalue weighted by Crippen LogP contribution is -2.32. The van der Waals surface area contributed by atoms with Gasteiger partial charge in [0.05, 0.1) is 21.5 Å². The van der Waals surface area contributed by atoms with E-state index in [-0.39, 0.29) is 11.6 Å². The number of carbonyl (C=O) groups excluding carboxylic acids is 2. The second kappa shape index (κ2) is 8.33. The Morgan fingerprint density at radius 3 is 1.97 bits per heavy atom. The largest absolute Gasteiger partial charge is 0.325 e. The third-order valence-corrected chi connectivity index (χ3v) is 4.35. The minimum atomic E-state index is -0.807. The van der Waals surface area contributed by atoms with Crippen LogP contribution in [0.1, 0.15) is 23.2 Å². The van der Waals surface area contributed by atoms with Crippen LogP contribution in [-0.4, -0.2) is 39.8 Å².